The van der Waals surface area contributed by atoms with Gasteiger partial charge in [0.2, 0.25) is 0 Å². The van der Waals surface area contributed by atoms with E-state index >= 15 is 0 Å². The van der Waals surface area contributed by atoms with Crippen LogP contribution in [0.5, 0.6) is 0 Å². The van der Waals surface area contributed by atoms with Crippen molar-refractivity contribution >= 4 is 13.7 Å². The molecule has 0 saturated carbocycles. The van der Waals surface area contributed by atoms with Gasteiger partial charge >= 0.3 is 7.60 Å². The van der Waals surface area contributed by atoms with Crippen molar-refractivity contribution in [2.45, 2.75) is 13.8 Å². The summed E-state index contributed by atoms with van der Waals surface area (Å²) in [6.45, 7) is 4.08. The maximum Gasteiger partial charge on any atom is 0.335 e. The summed E-state index contributed by atoms with van der Waals surface area (Å²) in [5.41, 5.74) is 1.27. The van der Waals surface area contributed by atoms with Gasteiger partial charge in [-0.2, -0.15) is 5.26 Å². The van der Waals surface area contributed by atoms with Crippen LogP contribution in [0.25, 0.3) is 6.08 Å². The second-order valence-corrected chi connectivity index (χ2v) is 5.85. The maximum atomic E-state index is 12.3. The fraction of sp³-hybridized carbons (Fsp3) is 0.357. The molecule has 0 N–H and O–H groups in total. The quantitative estimate of drug-likeness (QED) is 0.561. The molecule has 0 radical (unpaired) electrons. The number of nitriles is 1. The summed E-state index contributed by atoms with van der Waals surface area (Å²) in [6, 6.07) is 11.5. The fourth-order valence-electron chi connectivity index (χ4n) is 1.59. The number of nitrogens with zero attached hydrogens (tertiary/aromatic N) is 1. The highest BCUT2D eigenvalue weighted by atomic mass is 31.2. The molecular formula is C14H18NO3P. The highest BCUT2D eigenvalue weighted by Crippen LogP contribution is 2.49. The molecule has 1 rings (SSSR count). The molecule has 0 unspecified atom stereocenters. The van der Waals surface area contributed by atoms with Gasteiger partial charge in [-0.3, -0.25) is 4.57 Å². The Labute approximate surface area is 114 Å². The standard InChI is InChI=1S/C14H18NO3P/c1-3-17-19(16,18-4-2)12-14(11-15)10-13-8-6-5-7-9-13/h5-10H,3-4,12H2,1-2H3/b14-10-. The number of benzene rings is 1. The molecule has 4 nitrogen and oxygen atoms in total. The Morgan fingerprint density at radius 2 is 1.84 bits per heavy atom. The van der Waals surface area contributed by atoms with E-state index in [2.05, 4.69) is 6.07 Å². The van der Waals surface area contributed by atoms with E-state index in [0.29, 0.717) is 18.8 Å². The topological polar surface area (TPSA) is 59.3 Å². The molecule has 0 spiro atoms. The van der Waals surface area contributed by atoms with Crippen molar-refractivity contribution in [3.8, 4) is 6.07 Å². The predicted molar refractivity (Wildman–Crippen MR) is 75.8 cm³/mol. The number of hydrogen-bond acceptors (Lipinski definition) is 4. The van der Waals surface area contributed by atoms with Crippen LogP contribution in [0, 0.1) is 11.3 Å². The molecule has 0 saturated heterocycles. The molecule has 0 atom stereocenters. The van der Waals surface area contributed by atoms with Gasteiger partial charge in [-0.25, -0.2) is 0 Å². The number of rotatable bonds is 7. The molecule has 0 aliphatic carbocycles. The van der Waals surface area contributed by atoms with Crippen LogP contribution in [0.3, 0.4) is 0 Å². The average Bonchev–Trinajstić information content (AvgIpc) is 2.39. The van der Waals surface area contributed by atoms with Crippen LogP contribution in [-0.4, -0.2) is 19.4 Å². The summed E-state index contributed by atoms with van der Waals surface area (Å²) >= 11 is 0. The largest absolute Gasteiger partial charge is 0.335 e. The molecule has 5 heteroatoms. The Morgan fingerprint density at radius 3 is 2.32 bits per heavy atom. The number of allylic oxidation sites excluding steroid dienone is 1. The summed E-state index contributed by atoms with van der Waals surface area (Å²) in [5, 5.41) is 9.14. The lowest BCUT2D eigenvalue weighted by atomic mass is 10.1. The van der Waals surface area contributed by atoms with Gasteiger partial charge in [0.1, 0.15) is 0 Å². The van der Waals surface area contributed by atoms with Crippen LogP contribution >= 0.6 is 7.60 Å². The Hall–Kier alpha value is -1.40. The lowest BCUT2D eigenvalue weighted by Crippen LogP contribution is -2.01. The normalized spacial score (nSPS) is 12.2. The van der Waals surface area contributed by atoms with Gasteiger partial charge in [-0.15, -0.1) is 0 Å². The molecule has 0 heterocycles. The molecule has 0 aliphatic rings. The third kappa shape index (κ3) is 5.40. The molecule has 102 valence electrons. The van der Waals surface area contributed by atoms with Crippen LogP contribution in [0.4, 0.5) is 0 Å². The molecular weight excluding hydrogens is 261 g/mol. The highest BCUT2D eigenvalue weighted by molar-refractivity contribution is 7.54. The minimum atomic E-state index is -3.22. The van der Waals surface area contributed by atoms with E-state index in [1.54, 1.807) is 19.9 Å². The van der Waals surface area contributed by atoms with Crippen molar-refractivity contribution in [2.24, 2.45) is 0 Å². The zero-order valence-corrected chi connectivity index (χ0v) is 12.1. The average molecular weight is 279 g/mol. The molecule has 19 heavy (non-hydrogen) atoms. The Morgan fingerprint density at radius 1 is 1.26 bits per heavy atom. The lowest BCUT2D eigenvalue weighted by molar-refractivity contribution is 0.222. The first-order chi connectivity index (χ1) is 9.13. The first kappa shape index (κ1) is 15.7. The SMILES string of the molecule is CCOP(=O)(C/C(C#N)=C\c1ccccc1)OCC. The molecule has 0 bridgehead atoms. The Balaban J connectivity index is 2.90. The molecule has 1 aromatic carbocycles. The van der Waals surface area contributed by atoms with E-state index in [-0.39, 0.29) is 6.16 Å². The second kappa shape index (κ2) is 7.91. The van der Waals surface area contributed by atoms with Gasteiger partial charge in [0.05, 0.1) is 25.4 Å². The molecule has 0 fully saturated rings. The minimum absolute atomic E-state index is 0.0000737. The molecule has 0 aliphatic heterocycles. The summed E-state index contributed by atoms with van der Waals surface area (Å²) in [5.74, 6) is 0. The first-order valence-electron chi connectivity index (χ1n) is 6.17. The van der Waals surface area contributed by atoms with Gasteiger partial charge in [0.15, 0.2) is 0 Å². The van der Waals surface area contributed by atoms with Crippen molar-refractivity contribution in [1.29, 1.82) is 5.26 Å². The summed E-state index contributed by atoms with van der Waals surface area (Å²) < 4.78 is 22.7. The Kier molecular flexibility index (Phi) is 6.52. The van der Waals surface area contributed by atoms with Crippen LogP contribution in [0.15, 0.2) is 35.9 Å². The highest BCUT2D eigenvalue weighted by Gasteiger charge is 2.25. The lowest BCUT2D eigenvalue weighted by Gasteiger charge is -2.16. The van der Waals surface area contributed by atoms with Gasteiger partial charge in [-0.05, 0) is 25.5 Å². The van der Waals surface area contributed by atoms with Gasteiger partial charge < -0.3 is 9.05 Å². The van der Waals surface area contributed by atoms with E-state index < -0.39 is 7.60 Å². The van der Waals surface area contributed by atoms with Crippen molar-refractivity contribution < 1.29 is 13.6 Å². The Bertz CT molecular complexity index is 495. The smallest absolute Gasteiger partial charge is 0.309 e. The predicted octanol–water partition coefficient (Wildman–Crippen LogP) is 3.86. The van der Waals surface area contributed by atoms with Crippen LogP contribution in [0.2, 0.25) is 0 Å². The van der Waals surface area contributed by atoms with E-state index in [1.807, 2.05) is 30.3 Å². The third-order valence-corrected chi connectivity index (χ3v) is 4.33. The summed E-state index contributed by atoms with van der Waals surface area (Å²) in [7, 11) is -3.22. The van der Waals surface area contributed by atoms with E-state index in [9.17, 15) is 4.57 Å². The van der Waals surface area contributed by atoms with E-state index in [4.69, 9.17) is 14.3 Å². The zero-order chi connectivity index (χ0) is 14.1. The maximum absolute atomic E-state index is 12.3. The monoisotopic (exact) mass is 279 g/mol. The number of hydrogen-bond donors (Lipinski definition) is 0. The molecule has 0 aromatic heterocycles. The van der Waals surface area contributed by atoms with Crippen molar-refractivity contribution in [3.05, 3.63) is 41.5 Å². The zero-order valence-electron chi connectivity index (χ0n) is 11.2. The van der Waals surface area contributed by atoms with Crippen molar-refractivity contribution in [1.82, 2.24) is 0 Å². The van der Waals surface area contributed by atoms with Crippen molar-refractivity contribution in [2.75, 3.05) is 19.4 Å². The first-order valence-corrected chi connectivity index (χ1v) is 7.90. The van der Waals surface area contributed by atoms with Gasteiger partial charge in [-0.1, -0.05) is 30.3 Å². The van der Waals surface area contributed by atoms with E-state index in [1.165, 1.54) is 0 Å². The van der Waals surface area contributed by atoms with Crippen LogP contribution in [-0.2, 0) is 13.6 Å². The van der Waals surface area contributed by atoms with Gasteiger partial charge in [0, 0.05) is 5.57 Å². The third-order valence-electron chi connectivity index (χ3n) is 2.30. The van der Waals surface area contributed by atoms with Crippen LogP contribution in [0.1, 0.15) is 19.4 Å². The second-order valence-electron chi connectivity index (χ2n) is 3.80. The molecule has 1 aromatic rings. The van der Waals surface area contributed by atoms with Gasteiger partial charge in [0.25, 0.3) is 0 Å². The summed E-state index contributed by atoms with van der Waals surface area (Å²) in [6.07, 6.45) is 1.70. The van der Waals surface area contributed by atoms with Crippen molar-refractivity contribution in [3.63, 3.8) is 0 Å². The van der Waals surface area contributed by atoms with Crippen LogP contribution < -0.4 is 0 Å². The molecule has 0 amide bonds. The summed E-state index contributed by atoms with van der Waals surface area (Å²) in [4.78, 5) is 0. The fourth-order valence-corrected chi connectivity index (χ4v) is 3.22. The van der Waals surface area contributed by atoms with E-state index in [0.717, 1.165) is 5.56 Å². The minimum Gasteiger partial charge on any atom is -0.309 e.